The van der Waals surface area contributed by atoms with Gasteiger partial charge in [-0.05, 0) is 70.2 Å². The molecule has 1 aromatic carbocycles. The van der Waals surface area contributed by atoms with Crippen molar-refractivity contribution in [2.45, 2.75) is 72.4 Å². The SMILES string of the molecule is CCCc1c(C)c(=O)n(C)c2cc3c(cc12)CCC(C)N3C(C)C. The van der Waals surface area contributed by atoms with Crippen molar-refractivity contribution in [3.05, 3.63) is 39.2 Å². The van der Waals surface area contributed by atoms with Crippen LogP contribution < -0.4 is 10.5 Å². The molecule has 0 radical (unpaired) electrons. The summed E-state index contributed by atoms with van der Waals surface area (Å²) in [5, 5.41) is 1.27. The van der Waals surface area contributed by atoms with E-state index in [-0.39, 0.29) is 5.56 Å². The van der Waals surface area contributed by atoms with Crippen LogP contribution in [0.4, 0.5) is 5.69 Å². The monoisotopic (exact) mass is 326 g/mol. The Hall–Kier alpha value is -1.77. The quantitative estimate of drug-likeness (QED) is 0.838. The van der Waals surface area contributed by atoms with E-state index in [1.807, 2.05) is 18.5 Å². The number of hydrogen-bond acceptors (Lipinski definition) is 2. The normalized spacial score (nSPS) is 17.6. The lowest BCUT2D eigenvalue weighted by Gasteiger charge is -2.40. The molecule has 130 valence electrons. The van der Waals surface area contributed by atoms with Gasteiger partial charge in [0.15, 0.2) is 0 Å². The van der Waals surface area contributed by atoms with Crippen LogP contribution in [0.15, 0.2) is 16.9 Å². The van der Waals surface area contributed by atoms with Gasteiger partial charge in [0.25, 0.3) is 5.56 Å². The first-order valence-electron chi connectivity index (χ1n) is 9.30. The van der Waals surface area contributed by atoms with Gasteiger partial charge in [-0.25, -0.2) is 0 Å². The fourth-order valence-electron chi connectivity index (χ4n) is 4.37. The number of pyridine rings is 1. The molecule has 0 spiro atoms. The van der Waals surface area contributed by atoms with Crippen LogP contribution in [0.1, 0.15) is 57.2 Å². The zero-order valence-corrected chi connectivity index (χ0v) is 15.9. The highest BCUT2D eigenvalue weighted by atomic mass is 16.1. The molecule has 0 N–H and O–H groups in total. The maximum Gasteiger partial charge on any atom is 0.253 e. The Morgan fingerprint density at radius 1 is 1.29 bits per heavy atom. The second-order valence-corrected chi connectivity index (χ2v) is 7.60. The third kappa shape index (κ3) is 2.54. The van der Waals surface area contributed by atoms with Crippen molar-refractivity contribution in [1.82, 2.24) is 4.57 Å². The molecule has 2 heterocycles. The predicted octanol–water partition coefficient (Wildman–Crippen LogP) is 4.35. The molecular formula is C21H30N2O. The summed E-state index contributed by atoms with van der Waals surface area (Å²) in [6.07, 6.45) is 4.37. The lowest BCUT2D eigenvalue weighted by Crippen LogP contribution is -2.42. The summed E-state index contributed by atoms with van der Waals surface area (Å²) < 4.78 is 1.84. The van der Waals surface area contributed by atoms with E-state index >= 15 is 0 Å². The van der Waals surface area contributed by atoms with Crippen molar-refractivity contribution in [1.29, 1.82) is 0 Å². The van der Waals surface area contributed by atoms with E-state index < -0.39 is 0 Å². The zero-order valence-electron chi connectivity index (χ0n) is 15.9. The van der Waals surface area contributed by atoms with Gasteiger partial charge in [-0.3, -0.25) is 4.79 Å². The molecule has 0 bridgehead atoms. The zero-order chi connectivity index (χ0) is 17.6. The van der Waals surface area contributed by atoms with E-state index in [0.717, 1.165) is 30.3 Å². The summed E-state index contributed by atoms with van der Waals surface area (Å²) in [6.45, 7) is 11.0. The van der Waals surface area contributed by atoms with Crippen LogP contribution in [-0.2, 0) is 19.9 Å². The smallest absolute Gasteiger partial charge is 0.253 e. The van der Waals surface area contributed by atoms with Crippen molar-refractivity contribution in [2.24, 2.45) is 7.05 Å². The number of hydrogen-bond donors (Lipinski definition) is 0. The van der Waals surface area contributed by atoms with Crippen LogP contribution in [0.2, 0.25) is 0 Å². The minimum absolute atomic E-state index is 0.144. The summed E-state index contributed by atoms with van der Waals surface area (Å²) in [5.74, 6) is 0. The third-order valence-corrected chi connectivity index (χ3v) is 5.60. The standard InChI is InChI=1S/C21H30N2O/c1-7-8-17-15(5)21(24)22(6)20-12-19-16(11-18(17)20)10-9-14(4)23(19)13(2)3/h11-14H,7-10H2,1-6H3. The van der Waals surface area contributed by atoms with Gasteiger partial charge >= 0.3 is 0 Å². The predicted molar refractivity (Wildman–Crippen MR) is 103 cm³/mol. The molecule has 1 aliphatic heterocycles. The van der Waals surface area contributed by atoms with Gasteiger partial charge in [-0.1, -0.05) is 13.3 Å². The number of benzene rings is 1. The average molecular weight is 326 g/mol. The maximum atomic E-state index is 12.7. The molecule has 3 rings (SSSR count). The first kappa shape index (κ1) is 17.1. The number of nitrogens with zero attached hydrogens (tertiary/aromatic N) is 2. The van der Waals surface area contributed by atoms with Crippen LogP contribution in [-0.4, -0.2) is 16.7 Å². The Kier molecular flexibility index (Phi) is 4.46. The van der Waals surface area contributed by atoms with Crippen molar-refractivity contribution in [3.8, 4) is 0 Å². The molecule has 0 fully saturated rings. The van der Waals surface area contributed by atoms with E-state index in [2.05, 4.69) is 44.7 Å². The van der Waals surface area contributed by atoms with Gasteiger partial charge in [0.1, 0.15) is 0 Å². The molecule has 1 unspecified atom stereocenters. The molecule has 0 saturated carbocycles. The Balaban J connectivity index is 2.35. The topological polar surface area (TPSA) is 25.2 Å². The summed E-state index contributed by atoms with van der Waals surface area (Å²) in [7, 11) is 1.91. The Morgan fingerprint density at radius 2 is 2.00 bits per heavy atom. The fraction of sp³-hybridized carbons (Fsp3) is 0.571. The van der Waals surface area contributed by atoms with Gasteiger partial charge in [0.2, 0.25) is 0 Å². The van der Waals surface area contributed by atoms with Crippen molar-refractivity contribution in [2.75, 3.05) is 4.90 Å². The Labute approximate surface area is 145 Å². The van der Waals surface area contributed by atoms with Crippen molar-refractivity contribution < 1.29 is 0 Å². The number of anilines is 1. The van der Waals surface area contributed by atoms with Gasteiger partial charge < -0.3 is 9.47 Å². The third-order valence-electron chi connectivity index (χ3n) is 5.60. The molecule has 24 heavy (non-hydrogen) atoms. The minimum atomic E-state index is 0.144. The van der Waals surface area contributed by atoms with E-state index in [1.165, 1.54) is 28.6 Å². The second kappa shape index (κ2) is 6.27. The average Bonchev–Trinajstić information content (AvgIpc) is 2.55. The molecular weight excluding hydrogens is 296 g/mol. The molecule has 1 aliphatic rings. The van der Waals surface area contributed by atoms with Gasteiger partial charge in [0.05, 0.1) is 5.52 Å². The van der Waals surface area contributed by atoms with Crippen molar-refractivity contribution >= 4 is 16.6 Å². The molecule has 3 nitrogen and oxygen atoms in total. The Bertz CT molecular complexity index is 832. The molecule has 3 heteroatoms. The highest BCUT2D eigenvalue weighted by molar-refractivity contribution is 5.89. The van der Waals surface area contributed by atoms with Crippen LogP contribution in [0, 0.1) is 6.92 Å². The number of fused-ring (bicyclic) bond motifs is 2. The fourth-order valence-corrected chi connectivity index (χ4v) is 4.37. The van der Waals surface area contributed by atoms with Crippen LogP contribution >= 0.6 is 0 Å². The summed E-state index contributed by atoms with van der Waals surface area (Å²) in [4.78, 5) is 15.2. The van der Waals surface area contributed by atoms with Gasteiger partial charge in [-0.2, -0.15) is 0 Å². The van der Waals surface area contributed by atoms with Crippen LogP contribution in [0.3, 0.4) is 0 Å². The van der Waals surface area contributed by atoms with E-state index in [4.69, 9.17) is 0 Å². The molecule has 0 aliphatic carbocycles. The summed E-state index contributed by atoms with van der Waals surface area (Å²) in [6, 6.07) is 5.64. The number of rotatable bonds is 3. The first-order valence-corrected chi connectivity index (χ1v) is 9.30. The summed E-state index contributed by atoms with van der Waals surface area (Å²) in [5.41, 5.74) is 6.13. The number of aromatic nitrogens is 1. The van der Waals surface area contributed by atoms with Crippen LogP contribution in [0.5, 0.6) is 0 Å². The maximum absolute atomic E-state index is 12.7. The van der Waals surface area contributed by atoms with Crippen LogP contribution in [0.25, 0.3) is 10.9 Å². The lowest BCUT2D eigenvalue weighted by atomic mass is 9.91. The van der Waals surface area contributed by atoms with E-state index in [9.17, 15) is 4.79 Å². The molecule has 0 amide bonds. The largest absolute Gasteiger partial charge is 0.366 e. The first-order chi connectivity index (χ1) is 11.4. The van der Waals surface area contributed by atoms with E-state index in [1.54, 1.807) is 0 Å². The molecule has 1 aromatic heterocycles. The highest BCUT2D eigenvalue weighted by Crippen LogP contribution is 2.36. The van der Waals surface area contributed by atoms with Gasteiger partial charge in [0, 0.05) is 35.8 Å². The van der Waals surface area contributed by atoms with Crippen molar-refractivity contribution in [3.63, 3.8) is 0 Å². The minimum Gasteiger partial charge on any atom is -0.366 e. The van der Waals surface area contributed by atoms with E-state index in [0.29, 0.717) is 12.1 Å². The van der Waals surface area contributed by atoms with Gasteiger partial charge in [-0.15, -0.1) is 0 Å². The molecule has 1 atom stereocenters. The molecule has 0 saturated heterocycles. The highest BCUT2D eigenvalue weighted by Gasteiger charge is 2.26. The molecule has 2 aromatic rings. The second-order valence-electron chi connectivity index (χ2n) is 7.60. The lowest BCUT2D eigenvalue weighted by molar-refractivity contribution is 0.520. The Morgan fingerprint density at radius 3 is 2.62 bits per heavy atom. The summed E-state index contributed by atoms with van der Waals surface area (Å²) >= 11 is 0. The number of aryl methyl sites for hydroxylation is 3.